The first-order chi connectivity index (χ1) is 10.1. The summed E-state index contributed by atoms with van der Waals surface area (Å²) in [5.41, 5.74) is 0. The van der Waals surface area contributed by atoms with E-state index >= 15 is 0 Å². The van der Waals surface area contributed by atoms with Gasteiger partial charge in [-0.15, -0.1) is 0 Å². The molecule has 7 nitrogen and oxygen atoms in total. The van der Waals surface area contributed by atoms with Crippen LogP contribution in [0.25, 0.3) is 0 Å². The van der Waals surface area contributed by atoms with Crippen LogP contribution in [0.5, 0.6) is 0 Å². The highest BCUT2D eigenvalue weighted by Crippen LogP contribution is 2.31. The van der Waals surface area contributed by atoms with Crippen LogP contribution in [0.4, 0.5) is 11.6 Å². The second kappa shape index (κ2) is 5.63. The van der Waals surface area contributed by atoms with Gasteiger partial charge in [0.1, 0.15) is 0 Å². The number of nitrogens with zero attached hydrogens (tertiary/aromatic N) is 4. The van der Waals surface area contributed by atoms with Crippen LogP contribution in [0.15, 0.2) is 0 Å². The molecular weight excluding hydrogens is 270 g/mol. The molecule has 1 saturated heterocycles. The van der Waals surface area contributed by atoms with Gasteiger partial charge in [0.05, 0.1) is 0 Å². The summed E-state index contributed by atoms with van der Waals surface area (Å²) in [6.07, 6.45) is 4.81. The van der Waals surface area contributed by atoms with Gasteiger partial charge in [-0.2, -0.15) is 0 Å². The average molecular weight is 293 g/mol. The molecule has 0 aromatic carbocycles. The number of aryl methyl sites for hydroxylation is 1. The van der Waals surface area contributed by atoms with Crippen LogP contribution >= 0.6 is 0 Å². The second-order valence-corrected chi connectivity index (χ2v) is 6.24. The highest BCUT2D eigenvalue weighted by atomic mass is 16.6. The lowest BCUT2D eigenvalue weighted by Crippen LogP contribution is -2.43. The summed E-state index contributed by atoms with van der Waals surface area (Å²) in [5, 5.41) is 14.8. The molecule has 1 N–H and O–H groups in total. The first-order valence-corrected chi connectivity index (χ1v) is 7.72. The van der Waals surface area contributed by atoms with E-state index in [9.17, 15) is 10.1 Å². The van der Waals surface area contributed by atoms with Crippen molar-refractivity contribution in [3.8, 4) is 0 Å². The number of nitro groups is 1. The van der Waals surface area contributed by atoms with Gasteiger partial charge in [-0.1, -0.05) is 0 Å². The highest BCUT2D eigenvalue weighted by Gasteiger charge is 2.31. The first kappa shape index (κ1) is 14.3. The van der Waals surface area contributed by atoms with Crippen LogP contribution < -0.4 is 10.2 Å². The Morgan fingerprint density at radius 1 is 1.33 bits per heavy atom. The van der Waals surface area contributed by atoms with Crippen molar-refractivity contribution in [2.45, 2.75) is 38.6 Å². The molecule has 1 aromatic rings. The molecule has 116 valence electrons. The van der Waals surface area contributed by atoms with E-state index in [1.54, 1.807) is 6.92 Å². The zero-order valence-corrected chi connectivity index (χ0v) is 12.7. The third kappa shape index (κ3) is 3.02. The van der Waals surface area contributed by atoms with Crippen LogP contribution in [0.2, 0.25) is 0 Å². The molecule has 21 heavy (non-hydrogen) atoms. The molecule has 0 amide bonds. The van der Waals surface area contributed by atoms with Gasteiger partial charge in [-0.3, -0.25) is 4.57 Å². The molecule has 1 aromatic heterocycles. The summed E-state index contributed by atoms with van der Waals surface area (Å²) in [4.78, 5) is 17.0. The van der Waals surface area contributed by atoms with Crippen molar-refractivity contribution in [3.05, 3.63) is 15.9 Å². The molecular formula is C14H23N5O2. The third-order valence-corrected chi connectivity index (χ3v) is 4.63. The molecule has 2 heterocycles. The van der Waals surface area contributed by atoms with Gasteiger partial charge in [0.15, 0.2) is 0 Å². The zero-order chi connectivity index (χ0) is 15.0. The lowest BCUT2D eigenvalue weighted by atomic mass is 10.0. The average Bonchev–Trinajstić information content (AvgIpc) is 3.24. The zero-order valence-electron chi connectivity index (χ0n) is 12.7. The number of aromatic nitrogens is 2. The Bertz CT molecular complexity index is 530. The fraction of sp³-hybridized carbons (Fsp3) is 0.786. The van der Waals surface area contributed by atoms with Crippen LogP contribution in [-0.2, 0) is 7.05 Å². The Morgan fingerprint density at radius 2 is 2.00 bits per heavy atom. The number of imidazole rings is 1. The molecule has 0 unspecified atom stereocenters. The normalized spacial score (nSPS) is 20.0. The Labute approximate surface area is 124 Å². The molecule has 0 atom stereocenters. The van der Waals surface area contributed by atoms with Crippen molar-refractivity contribution >= 4 is 11.6 Å². The van der Waals surface area contributed by atoms with E-state index in [1.165, 1.54) is 12.8 Å². The predicted octanol–water partition coefficient (Wildman–Crippen LogP) is 1.61. The summed E-state index contributed by atoms with van der Waals surface area (Å²) in [5.74, 6) is 2.21. The molecule has 1 aliphatic carbocycles. The van der Waals surface area contributed by atoms with E-state index in [0.29, 0.717) is 17.7 Å². The van der Waals surface area contributed by atoms with Crippen molar-refractivity contribution in [2.75, 3.05) is 24.5 Å². The van der Waals surface area contributed by atoms with Crippen LogP contribution in [-0.4, -0.2) is 40.2 Å². The molecule has 0 spiro atoms. The summed E-state index contributed by atoms with van der Waals surface area (Å²) >= 11 is 0. The maximum Gasteiger partial charge on any atom is 0.406 e. The molecule has 3 rings (SSSR count). The van der Waals surface area contributed by atoms with E-state index in [1.807, 2.05) is 11.6 Å². The van der Waals surface area contributed by atoms with Gasteiger partial charge >= 0.3 is 5.82 Å². The molecule has 2 aliphatic rings. The summed E-state index contributed by atoms with van der Waals surface area (Å²) in [6.45, 7) is 4.64. The first-order valence-electron chi connectivity index (χ1n) is 7.72. The summed E-state index contributed by atoms with van der Waals surface area (Å²) < 4.78 is 1.83. The Hall–Kier alpha value is -1.63. The van der Waals surface area contributed by atoms with Gasteiger partial charge in [-0.05, 0) is 48.1 Å². The van der Waals surface area contributed by atoms with Gasteiger partial charge in [0.2, 0.25) is 11.6 Å². The van der Waals surface area contributed by atoms with Crippen molar-refractivity contribution in [2.24, 2.45) is 13.0 Å². The third-order valence-electron chi connectivity index (χ3n) is 4.63. The van der Waals surface area contributed by atoms with Crippen molar-refractivity contribution < 1.29 is 4.92 Å². The number of hydrogen-bond donors (Lipinski definition) is 1. The number of nitrogens with one attached hydrogen (secondary N) is 1. The predicted molar refractivity (Wildman–Crippen MR) is 80.6 cm³/mol. The van der Waals surface area contributed by atoms with E-state index < -0.39 is 0 Å². The van der Waals surface area contributed by atoms with Crippen molar-refractivity contribution in [1.29, 1.82) is 0 Å². The number of piperidine rings is 1. The Balaban J connectivity index is 1.64. The van der Waals surface area contributed by atoms with Crippen molar-refractivity contribution in [3.63, 3.8) is 0 Å². The van der Waals surface area contributed by atoms with Crippen molar-refractivity contribution in [1.82, 2.24) is 14.9 Å². The van der Waals surface area contributed by atoms with Gasteiger partial charge in [-0.25, -0.2) is 0 Å². The lowest BCUT2D eigenvalue weighted by Gasteiger charge is -2.33. The second-order valence-electron chi connectivity index (χ2n) is 6.24. The molecule has 0 radical (unpaired) electrons. The molecule has 1 aliphatic heterocycles. The van der Waals surface area contributed by atoms with E-state index in [-0.39, 0.29) is 10.7 Å². The maximum absolute atomic E-state index is 11.2. The van der Waals surface area contributed by atoms with Gasteiger partial charge in [0.25, 0.3) is 0 Å². The van der Waals surface area contributed by atoms with Crippen LogP contribution in [0.1, 0.15) is 31.5 Å². The lowest BCUT2D eigenvalue weighted by molar-refractivity contribution is -0.388. The summed E-state index contributed by atoms with van der Waals surface area (Å²) in [7, 11) is 1.85. The minimum atomic E-state index is -0.375. The summed E-state index contributed by atoms with van der Waals surface area (Å²) in [6, 6.07) is 0.551. The molecule has 0 bridgehead atoms. The van der Waals surface area contributed by atoms with E-state index in [2.05, 4.69) is 15.2 Å². The van der Waals surface area contributed by atoms with E-state index in [0.717, 1.165) is 38.4 Å². The Morgan fingerprint density at radius 3 is 2.57 bits per heavy atom. The fourth-order valence-electron chi connectivity index (χ4n) is 3.01. The fourth-order valence-corrected chi connectivity index (χ4v) is 3.01. The number of hydrogen-bond acceptors (Lipinski definition) is 5. The standard InChI is InChI=1S/C14H23N5O2/c1-10-16-13(19(20)21)14(17(10)2)18-7-5-12(6-8-18)15-9-11-3-4-11/h11-12,15H,3-9H2,1-2H3. The van der Waals surface area contributed by atoms with Crippen LogP contribution in [0, 0.1) is 23.0 Å². The monoisotopic (exact) mass is 293 g/mol. The maximum atomic E-state index is 11.2. The smallest absolute Gasteiger partial charge is 0.358 e. The SMILES string of the molecule is Cc1nc([N+](=O)[O-])c(N2CCC(NCC3CC3)CC2)n1C. The molecule has 7 heteroatoms. The largest absolute Gasteiger partial charge is 0.406 e. The number of anilines is 1. The minimum absolute atomic E-state index is 0.0145. The van der Waals surface area contributed by atoms with Gasteiger partial charge < -0.3 is 20.3 Å². The topological polar surface area (TPSA) is 76.2 Å². The van der Waals surface area contributed by atoms with Crippen LogP contribution in [0.3, 0.4) is 0 Å². The van der Waals surface area contributed by atoms with E-state index in [4.69, 9.17) is 0 Å². The highest BCUT2D eigenvalue weighted by molar-refractivity contribution is 5.56. The minimum Gasteiger partial charge on any atom is -0.358 e. The molecule has 1 saturated carbocycles. The Kier molecular flexibility index (Phi) is 3.84. The van der Waals surface area contributed by atoms with Gasteiger partial charge in [0, 0.05) is 33.1 Å². The quantitative estimate of drug-likeness (QED) is 0.659. The number of rotatable bonds is 5. The molecule has 2 fully saturated rings.